The maximum absolute atomic E-state index is 9.12. The van der Waals surface area contributed by atoms with Gasteiger partial charge in [0.05, 0.1) is 6.61 Å². The lowest BCUT2D eigenvalue weighted by Gasteiger charge is -2.30. The number of nitrogens with zero attached hydrogens (tertiary/aromatic N) is 1. The highest BCUT2D eigenvalue weighted by Crippen LogP contribution is 2.30. The smallest absolute Gasteiger partial charge is 0.137 e. The fraction of sp³-hybridized carbons (Fsp3) is 0.500. The van der Waals surface area contributed by atoms with Gasteiger partial charge in [-0.1, -0.05) is 0 Å². The molecule has 0 aromatic carbocycles. The van der Waals surface area contributed by atoms with E-state index in [-0.39, 0.29) is 12.2 Å². The molecule has 0 amide bonds. The van der Waals surface area contributed by atoms with Gasteiger partial charge >= 0.3 is 0 Å². The topological polar surface area (TPSA) is 42.4 Å². The van der Waals surface area contributed by atoms with E-state index in [4.69, 9.17) is 9.84 Å². The molecule has 3 nitrogen and oxygen atoms in total. The van der Waals surface area contributed by atoms with Gasteiger partial charge in [0, 0.05) is 11.6 Å². The summed E-state index contributed by atoms with van der Waals surface area (Å²) in [5, 5.41) is 11.9. The third kappa shape index (κ3) is 0.847. The van der Waals surface area contributed by atoms with Gasteiger partial charge in [0.15, 0.2) is 0 Å². The van der Waals surface area contributed by atoms with E-state index in [1.807, 2.05) is 5.38 Å². The second-order valence-corrected chi connectivity index (χ2v) is 3.12. The monoisotopic (exact) mass is 157 g/mol. The standard InChI is InChI=1S/C6H7NO2S/c8-4-3-9-5(4)6-7-1-2-10-6/h1-2,4-5,8H,3H2/t4-,5+/m1/s1. The van der Waals surface area contributed by atoms with E-state index >= 15 is 0 Å². The molecule has 1 aliphatic rings. The number of aliphatic hydroxyl groups is 1. The van der Waals surface area contributed by atoms with E-state index in [1.165, 1.54) is 11.3 Å². The van der Waals surface area contributed by atoms with Crippen LogP contribution in [-0.2, 0) is 4.74 Å². The molecule has 54 valence electrons. The van der Waals surface area contributed by atoms with E-state index in [0.29, 0.717) is 6.61 Å². The van der Waals surface area contributed by atoms with Gasteiger partial charge in [0.1, 0.15) is 17.2 Å². The molecule has 0 aliphatic carbocycles. The van der Waals surface area contributed by atoms with Crippen molar-refractivity contribution in [3.8, 4) is 0 Å². The largest absolute Gasteiger partial charge is 0.388 e. The van der Waals surface area contributed by atoms with Crippen LogP contribution in [0.1, 0.15) is 11.1 Å². The Kier molecular flexibility index (Phi) is 1.44. The highest BCUT2D eigenvalue weighted by molar-refractivity contribution is 7.09. The van der Waals surface area contributed by atoms with Gasteiger partial charge in [-0.2, -0.15) is 0 Å². The Hall–Kier alpha value is -0.450. The first-order chi connectivity index (χ1) is 4.88. The van der Waals surface area contributed by atoms with Gasteiger partial charge in [0.25, 0.3) is 0 Å². The van der Waals surface area contributed by atoms with Crippen molar-refractivity contribution >= 4 is 11.3 Å². The Morgan fingerprint density at radius 2 is 2.70 bits per heavy atom. The molecule has 1 saturated heterocycles. The third-order valence-electron chi connectivity index (χ3n) is 1.49. The SMILES string of the molecule is O[C@@H]1CO[C@@H]1c1nccs1. The molecule has 2 rings (SSSR count). The Morgan fingerprint density at radius 3 is 3.10 bits per heavy atom. The molecular weight excluding hydrogens is 150 g/mol. The molecule has 4 heteroatoms. The lowest BCUT2D eigenvalue weighted by molar-refractivity contribution is -0.165. The Balaban J connectivity index is 2.14. The summed E-state index contributed by atoms with van der Waals surface area (Å²) in [6.07, 6.45) is 1.22. The van der Waals surface area contributed by atoms with Gasteiger partial charge in [-0.25, -0.2) is 4.98 Å². The van der Waals surface area contributed by atoms with Crippen LogP contribution < -0.4 is 0 Å². The number of hydrogen-bond acceptors (Lipinski definition) is 4. The van der Waals surface area contributed by atoms with Crippen molar-refractivity contribution in [2.75, 3.05) is 6.61 Å². The van der Waals surface area contributed by atoms with Crippen LogP contribution in [0.4, 0.5) is 0 Å². The van der Waals surface area contributed by atoms with Crippen LogP contribution in [0.2, 0.25) is 0 Å². The highest BCUT2D eigenvalue weighted by atomic mass is 32.1. The Bertz CT molecular complexity index is 212. The van der Waals surface area contributed by atoms with Crippen LogP contribution in [0.3, 0.4) is 0 Å². The molecular formula is C6H7NO2S. The fourth-order valence-corrected chi connectivity index (χ4v) is 1.63. The van der Waals surface area contributed by atoms with Crippen LogP contribution in [0.25, 0.3) is 0 Å². The zero-order valence-corrected chi connectivity index (χ0v) is 6.04. The van der Waals surface area contributed by atoms with E-state index in [9.17, 15) is 0 Å². The van der Waals surface area contributed by atoms with Gasteiger partial charge in [-0.3, -0.25) is 0 Å². The van der Waals surface area contributed by atoms with Crippen molar-refractivity contribution in [3.63, 3.8) is 0 Å². The van der Waals surface area contributed by atoms with Crippen molar-refractivity contribution in [1.82, 2.24) is 4.98 Å². The predicted molar refractivity (Wildman–Crippen MR) is 36.8 cm³/mol. The second kappa shape index (κ2) is 2.30. The van der Waals surface area contributed by atoms with Crippen LogP contribution in [0, 0.1) is 0 Å². The normalized spacial score (nSPS) is 31.7. The van der Waals surface area contributed by atoms with Crippen molar-refractivity contribution in [2.45, 2.75) is 12.2 Å². The number of aliphatic hydroxyl groups excluding tert-OH is 1. The number of hydrogen-bond donors (Lipinski definition) is 1. The van der Waals surface area contributed by atoms with Gasteiger partial charge in [-0.15, -0.1) is 11.3 Å². The summed E-state index contributed by atoms with van der Waals surface area (Å²) in [6.45, 7) is 0.449. The molecule has 1 aromatic heterocycles. The fourth-order valence-electron chi connectivity index (χ4n) is 0.889. The van der Waals surface area contributed by atoms with E-state index in [1.54, 1.807) is 6.20 Å². The minimum atomic E-state index is -0.342. The van der Waals surface area contributed by atoms with Crippen molar-refractivity contribution in [1.29, 1.82) is 0 Å². The Morgan fingerprint density at radius 1 is 1.80 bits per heavy atom. The minimum absolute atomic E-state index is 0.153. The molecule has 2 atom stereocenters. The summed E-state index contributed by atoms with van der Waals surface area (Å²) in [4.78, 5) is 4.02. The summed E-state index contributed by atoms with van der Waals surface area (Å²) in [5.74, 6) is 0. The first kappa shape index (κ1) is 6.27. The summed E-state index contributed by atoms with van der Waals surface area (Å²) in [6, 6.07) is 0. The lowest BCUT2D eigenvalue weighted by atomic mass is 10.1. The first-order valence-electron chi connectivity index (χ1n) is 3.07. The summed E-state index contributed by atoms with van der Waals surface area (Å²) < 4.78 is 5.09. The van der Waals surface area contributed by atoms with Crippen LogP contribution >= 0.6 is 11.3 Å². The quantitative estimate of drug-likeness (QED) is 0.648. The number of thiazole rings is 1. The maximum Gasteiger partial charge on any atom is 0.137 e. The average Bonchev–Trinajstić information content (AvgIpc) is 2.37. The number of ether oxygens (including phenoxy) is 1. The van der Waals surface area contributed by atoms with Crippen LogP contribution in [0.5, 0.6) is 0 Å². The highest BCUT2D eigenvalue weighted by Gasteiger charge is 2.33. The molecule has 1 fully saturated rings. The van der Waals surface area contributed by atoms with Crippen LogP contribution in [0.15, 0.2) is 11.6 Å². The molecule has 0 unspecified atom stereocenters. The second-order valence-electron chi connectivity index (χ2n) is 2.19. The van der Waals surface area contributed by atoms with Crippen molar-refractivity contribution in [2.24, 2.45) is 0 Å². The van der Waals surface area contributed by atoms with E-state index < -0.39 is 0 Å². The van der Waals surface area contributed by atoms with Crippen molar-refractivity contribution in [3.05, 3.63) is 16.6 Å². The molecule has 0 saturated carbocycles. The minimum Gasteiger partial charge on any atom is -0.388 e. The molecule has 1 N–H and O–H groups in total. The molecule has 1 aliphatic heterocycles. The molecule has 0 radical (unpaired) electrons. The maximum atomic E-state index is 9.12. The third-order valence-corrected chi connectivity index (χ3v) is 2.33. The molecule has 0 bridgehead atoms. The van der Waals surface area contributed by atoms with E-state index in [0.717, 1.165) is 5.01 Å². The summed E-state index contributed by atoms with van der Waals surface area (Å²) in [7, 11) is 0. The predicted octanol–water partition coefficient (Wildman–Crippen LogP) is 0.575. The van der Waals surface area contributed by atoms with Crippen molar-refractivity contribution < 1.29 is 9.84 Å². The number of rotatable bonds is 1. The molecule has 2 heterocycles. The number of aromatic nitrogens is 1. The van der Waals surface area contributed by atoms with Gasteiger partial charge < -0.3 is 9.84 Å². The zero-order chi connectivity index (χ0) is 6.97. The lowest BCUT2D eigenvalue weighted by Crippen LogP contribution is -2.37. The molecule has 0 spiro atoms. The van der Waals surface area contributed by atoms with E-state index in [2.05, 4.69) is 4.98 Å². The Labute approximate surface area is 62.3 Å². The zero-order valence-electron chi connectivity index (χ0n) is 5.23. The summed E-state index contributed by atoms with van der Waals surface area (Å²) in [5.41, 5.74) is 0. The molecule has 10 heavy (non-hydrogen) atoms. The van der Waals surface area contributed by atoms with Gasteiger partial charge in [0.2, 0.25) is 0 Å². The van der Waals surface area contributed by atoms with Gasteiger partial charge in [-0.05, 0) is 0 Å². The molecule has 1 aromatic rings. The average molecular weight is 157 g/mol. The summed E-state index contributed by atoms with van der Waals surface area (Å²) >= 11 is 1.51. The van der Waals surface area contributed by atoms with Crippen LogP contribution in [-0.4, -0.2) is 22.8 Å². The first-order valence-corrected chi connectivity index (χ1v) is 3.95.